The minimum Gasteiger partial charge on any atom is -0.456 e. The predicted octanol–water partition coefficient (Wildman–Crippen LogP) is 2.81. The van der Waals surface area contributed by atoms with Gasteiger partial charge in [-0.05, 0) is 30.4 Å². The lowest BCUT2D eigenvalue weighted by molar-refractivity contribution is -0.384. The van der Waals surface area contributed by atoms with Crippen LogP contribution in [0.15, 0.2) is 45.7 Å². The number of thiocarbonyl (C=S) groups is 1. The molecule has 0 spiro atoms. The van der Waals surface area contributed by atoms with Gasteiger partial charge in [-0.1, -0.05) is 23.9 Å². The van der Waals surface area contributed by atoms with Crippen LogP contribution in [0.1, 0.15) is 12.2 Å². The number of nitrogens with one attached hydrogen (secondary N) is 1. The van der Waals surface area contributed by atoms with Crippen LogP contribution in [-0.2, 0) is 14.3 Å². The third-order valence-electron chi connectivity index (χ3n) is 5.06. The number of nitro groups is 1. The van der Waals surface area contributed by atoms with E-state index in [-0.39, 0.29) is 27.2 Å². The van der Waals surface area contributed by atoms with Gasteiger partial charge in [0.15, 0.2) is 4.32 Å². The topological polar surface area (TPSA) is 118 Å². The standard InChI is InChI=1S/C21H20N4O6S2/c26-19(7-8-23-9-11-30-12-10-23)22-24-20(27)18(33-21(24)32)13-14-5-6-17(31-14)15-3-1-2-4-16(15)25(28)29/h1-6,13H,7-12H2,(H,22,26)/b18-13+. The van der Waals surface area contributed by atoms with Crippen molar-refractivity contribution >= 4 is 51.9 Å². The quantitative estimate of drug-likeness (QED) is 0.272. The number of furan rings is 1. The van der Waals surface area contributed by atoms with Gasteiger partial charge < -0.3 is 9.15 Å². The second-order valence-corrected chi connectivity index (χ2v) is 8.91. The van der Waals surface area contributed by atoms with Crippen LogP contribution in [0.5, 0.6) is 0 Å². The fourth-order valence-corrected chi connectivity index (χ4v) is 4.53. The molecule has 12 heteroatoms. The van der Waals surface area contributed by atoms with Crippen molar-refractivity contribution in [2.24, 2.45) is 0 Å². The normalized spacial score (nSPS) is 18.2. The van der Waals surface area contributed by atoms with Crippen molar-refractivity contribution in [2.45, 2.75) is 6.42 Å². The number of thioether (sulfide) groups is 1. The molecule has 2 aliphatic heterocycles. The first kappa shape index (κ1) is 23.1. The van der Waals surface area contributed by atoms with Crippen LogP contribution in [0.2, 0.25) is 0 Å². The lowest BCUT2D eigenvalue weighted by Crippen LogP contribution is -2.46. The predicted molar refractivity (Wildman–Crippen MR) is 126 cm³/mol. The Hall–Kier alpha value is -3.06. The van der Waals surface area contributed by atoms with Crippen LogP contribution in [0.25, 0.3) is 17.4 Å². The van der Waals surface area contributed by atoms with Gasteiger partial charge in [-0.2, -0.15) is 5.01 Å². The molecule has 0 atom stereocenters. The van der Waals surface area contributed by atoms with Crippen LogP contribution < -0.4 is 5.43 Å². The number of hydrogen-bond donors (Lipinski definition) is 1. The molecule has 2 aromatic rings. The molecule has 0 radical (unpaired) electrons. The minimum absolute atomic E-state index is 0.0792. The van der Waals surface area contributed by atoms with E-state index in [1.165, 1.54) is 12.1 Å². The van der Waals surface area contributed by atoms with E-state index in [4.69, 9.17) is 21.4 Å². The number of carbonyl (C=O) groups is 2. The first-order valence-corrected chi connectivity index (χ1v) is 11.4. The molecule has 172 valence electrons. The highest BCUT2D eigenvalue weighted by atomic mass is 32.2. The number of hydrogen-bond acceptors (Lipinski definition) is 9. The Morgan fingerprint density at radius 2 is 2.00 bits per heavy atom. The fourth-order valence-electron chi connectivity index (χ4n) is 3.37. The van der Waals surface area contributed by atoms with Crippen LogP contribution in [0.3, 0.4) is 0 Å². The van der Waals surface area contributed by atoms with E-state index >= 15 is 0 Å². The zero-order valence-corrected chi connectivity index (χ0v) is 19.0. The van der Waals surface area contributed by atoms with E-state index in [1.807, 2.05) is 0 Å². The summed E-state index contributed by atoms with van der Waals surface area (Å²) in [7, 11) is 0. The number of para-hydroxylation sites is 1. The van der Waals surface area contributed by atoms with Crippen LogP contribution >= 0.6 is 24.0 Å². The van der Waals surface area contributed by atoms with Crippen LogP contribution in [0, 0.1) is 10.1 Å². The molecular weight excluding hydrogens is 468 g/mol. The van der Waals surface area contributed by atoms with E-state index in [1.54, 1.807) is 30.3 Å². The first-order valence-electron chi connectivity index (χ1n) is 10.1. The Bertz CT molecular complexity index is 1130. The average molecular weight is 489 g/mol. The van der Waals surface area contributed by atoms with Crippen molar-refractivity contribution in [3.8, 4) is 11.3 Å². The van der Waals surface area contributed by atoms with Crippen molar-refractivity contribution in [2.75, 3.05) is 32.8 Å². The molecule has 2 amide bonds. The number of nitrogens with zero attached hydrogens (tertiary/aromatic N) is 3. The van der Waals surface area contributed by atoms with E-state index < -0.39 is 10.8 Å². The minimum atomic E-state index is -0.482. The Labute approximate surface area is 198 Å². The van der Waals surface area contributed by atoms with Crippen molar-refractivity contribution in [3.05, 3.63) is 57.2 Å². The molecule has 33 heavy (non-hydrogen) atoms. The van der Waals surface area contributed by atoms with E-state index in [2.05, 4.69) is 10.3 Å². The molecule has 1 N–H and O–H groups in total. The number of ether oxygens (including phenoxy) is 1. The molecule has 0 unspecified atom stereocenters. The smallest absolute Gasteiger partial charge is 0.285 e. The molecule has 0 bridgehead atoms. The Balaban J connectivity index is 1.41. The molecule has 0 saturated carbocycles. The van der Waals surface area contributed by atoms with Crippen molar-refractivity contribution in [1.29, 1.82) is 0 Å². The monoisotopic (exact) mass is 488 g/mol. The third-order valence-corrected chi connectivity index (χ3v) is 6.36. The summed E-state index contributed by atoms with van der Waals surface area (Å²) in [4.78, 5) is 38.3. The van der Waals surface area contributed by atoms with Crippen molar-refractivity contribution < 1.29 is 23.7 Å². The summed E-state index contributed by atoms with van der Waals surface area (Å²) >= 11 is 6.28. The van der Waals surface area contributed by atoms with Gasteiger partial charge >= 0.3 is 0 Å². The van der Waals surface area contributed by atoms with Gasteiger partial charge in [0.25, 0.3) is 11.6 Å². The van der Waals surface area contributed by atoms with Gasteiger partial charge in [0.05, 0.1) is 28.6 Å². The lowest BCUT2D eigenvalue weighted by Gasteiger charge is -2.26. The highest BCUT2D eigenvalue weighted by molar-refractivity contribution is 8.26. The van der Waals surface area contributed by atoms with Gasteiger partial charge in [0, 0.05) is 38.2 Å². The third kappa shape index (κ3) is 5.47. The molecule has 10 nitrogen and oxygen atoms in total. The van der Waals surface area contributed by atoms with E-state index in [9.17, 15) is 19.7 Å². The van der Waals surface area contributed by atoms with E-state index in [0.717, 1.165) is 29.9 Å². The maximum Gasteiger partial charge on any atom is 0.285 e. The first-order chi connectivity index (χ1) is 15.9. The van der Waals surface area contributed by atoms with Gasteiger partial charge in [-0.15, -0.1) is 0 Å². The summed E-state index contributed by atoms with van der Waals surface area (Å²) in [5.74, 6) is -0.133. The Morgan fingerprint density at radius 1 is 1.24 bits per heavy atom. The molecule has 3 heterocycles. The number of nitro benzene ring substituents is 1. The molecule has 2 aliphatic rings. The Kier molecular flexibility index (Phi) is 7.18. The lowest BCUT2D eigenvalue weighted by atomic mass is 10.1. The van der Waals surface area contributed by atoms with Crippen LogP contribution in [0.4, 0.5) is 5.69 Å². The fraction of sp³-hybridized carbons (Fsp3) is 0.286. The molecular formula is C21H20N4O6S2. The summed E-state index contributed by atoms with van der Waals surface area (Å²) in [6.07, 6.45) is 1.73. The zero-order valence-electron chi connectivity index (χ0n) is 17.4. The maximum atomic E-state index is 12.8. The molecule has 2 saturated heterocycles. The van der Waals surface area contributed by atoms with Crippen LogP contribution in [-0.4, -0.2) is 63.8 Å². The van der Waals surface area contributed by atoms with Gasteiger partial charge in [0.2, 0.25) is 5.91 Å². The molecule has 2 fully saturated rings. The second kappa shape index (κ2) is 10.3. The summed E-state index contributed by atoms with van der Waals surface area (Å²) in [5.41, 5.74) is 2.82. The number of benzene rings is 1. The molecule has 0 aliphatic carbocycles. The van der Waals surface area contributed by atoms with Gasteiger partial charge in [-0.25, -0.2) is 0 Å². The molecule has 1 aromatic heterocycles. The Morgan fingerprint density at radius 3 is 2.76 bits per heavy atom. The number of rotatable bonds is 7. The zero-order chi connectivity index (χ0) is 23.4. The number of amides is 2. The highest BCUT2D eigenvalue weighted by Crippen LogP contribution is 2.34. The summed E-state index contributed by atoms with van der Waals surface area (Å²) in [6.45, 7) is 3.41. The van der Waals surface area contributed by atoms with Crippen molar-refractivity contribution in [1.82, 2.24) is 15.3 Å². The number of morpholine rings is 1. The average Bonchev–Trinajstić information content (AvgIpc) is 3.38. The second-order valence-electron chi connectivity index (χ2n) is 7.23. The maximum absolute atomic E-state index is 12.8. The molecule has 1 aromatic carbocycles. The van der Waals surface area contributed by atoms with Crippen molar-refractivity contribution in [3.63, 3.8) is 0 Å². The summed E-state index contributed by atoms with van der Waals surface area (Å²) in [5, 5.41) is 12.3. The SMILES string of the molecule is O=C(CCN1CCOCC1)NN1C(=O)/C(=C\c2ccc(-c3ccccc3[N+](=O)[O-])o2)SC1=S. The largest absolute Gasteiger partial charge is 0.456 e. The highest BCUT2D eigenvalue weighted by Gasteiger charge is 2.34. The summed E-state index contributed by atoms with van der Waals surface area (Å²) < 4.78 is 11.2. The number of carbonyl (C=O) groups excluding carboxylic acids is 2. The van der Waals surface area contributed by atoms with E-state index in [0.29, 0.717) is 36.8 Å². The van der Waals surface area contributed by atoms with Gasteiger partial charge in [0.1, 0.15) is 11.5 Å². The molecule has 4 rings (SSSR count). The summed E-state index contributed by atoms with van der Waals surface area (Å²) in [6, 6.07) is 9.45. The van der Waals surface area contributed by atoms with Gasteiger partial charge in [-0.3, -0.25) is 30.0 Å². The number of hydrazine groups is 1.